The topological polar surface area (TPSA) is 256 Å². The molecular weight excluding hydrogens is 846 g/mol. The molecule has 7 N–H and O–H groups in total. The molecule has 1 fully saturated rings. The van der Waals surface area contributed by atoms with Gasteiger partial charge in [-0.25, -0.2) is 17.4 Å². The van der Waals surface area contributed by atoms with Gasteiger partial charge in [0, 0.05) is 31.4 Å². The minimum Gasteiger partial charge on any atom is -0.855 e. The van der Waals surface area contributed by atoms with E-state index in [-0.39, 0.29) is 87.7 Å². The van der Waals surface area contributed by atoms with Crippen LogP contribution in [0.1, 0.15) is 76.0 Å². The third-order valence-corrected chi connectivity index (χ3v) is 13.4. The van der Waals surface area contributed by atoms with E-state index in [1.165, 1.54) is 0 Å². The smallest absolute Gasteiger partial charge is 0.855 e. The molecule has 0 bridgehead atoms. The Hall–Kier alpha value is -2.05. The minimum atomic E-state index is -4.91. The molecule has 3 aromatic carbocycles. The number of unbranched alkanes of at least 4 members (excludes halogenated alkanes) is 1. The Bertz CT molecular complexity index is 2030. The molecule has 0 aromatic heterocycles. The predicted octanol–water partition coefficient (Wildman–Crippen LogP) is 0.413. The summed E-state index contributed by atoms with van der Waals surface area (Å²) in [5.41, 5.74) is 2.96. The molecule has 2 amide bonds. The fourth-order valence-electron chi connectivity index (χ4n) is 7.86. The van der Waals surface area contributed by atoms with E-state index in [1.807, 2.05) is 49.3 Å². The van der Waals surface area contributed by atoms with Crippen LogP contribution in [0.2, 0.25) is 0 Å². The maximum Gasteiger partial charge on any atom is 1.00 e. The molecule has 0 spiro atoms. The molecule has 5 rings (SSSR count). The molecule has 16 nitrogen and oxygen atoms in total. The van der Waals surface area contributed by atoms with Crippen molar-refractivity contribution in [2.24, 2.45) is 11.3 Å². The summed E-state index contributed by atoms with van der Waals surface area (Å²) in [4.78, 5) is 15.8. The van der Waals surface area contributed by atoms with Gasteiger partial charge in [-0.2, -0.15) is 8.42 Å². The average molecular weight is 906 g/mol. The van der Waals surface area contributed by atoms with Crippen LogP contribution in [-0.2, 0) is 40.5 Å². The second-order valence-electron chi connectivity index (χ2n) is 15.0. The summed E-state index contributed by atoms with van der Waals surface area (Å²) in [6.07, 6.45) is -4.29. The van der Waals surface area contributed by atoms with Gasteiger partial charge in [-0.05, 0) is 71.2 Å². The Balaban J connectivity index is 0.00000241. The number of ether oxygens (including phenoxy) is 2. The number of nitrogens with zero attached hydrogens (tertiary/aromatic N) is 1. The molecule has 0 aliphatic carbocycles. The van der Waals surface area contributed by atoms with Gasteiger partial charge < -0.3 is 45.8 Å². The number of hydrogen-bond donors (Lipinski definition) is 5. The summed E-state index contributed by atoms with van der Waals surface area (Å²) in [7, 11) is -4.76. The maximum atomic E-state index is 14.1. The molecule has 1 saturated heterocycles. The first-order valence-electron chi connectivity index (χ1n) is 19.5. The average Bonchev–Trinajstić information content (AvgIpc) is 3.24. The molecule has 60 heavy (non-hydrogen) atoms. The predicted molar refractivity (Wildman–Crippen MR) is 222 cm³/mol. The largest absolute Gasteiger partial charge is 1.00 e. The number of rotatable bonds is 14. The van der Waals surface area contributed by atoms with Crippen molar-refractivity contribution in [3.8, 4) is 0 Å². The fourth-order valence-corrected chi connectivity index (χ4v) is 10.5. The number of sulfone groups is 1. The van der Waals surface area contributed by atoms with Gasteiger partial charge in [-0.3, -0.25) is 4.55 Å². The Labute approximate surface area is 397 Å². The van der Waals surface area contributed by atoms with Gasteiger partial charge in [-0.1, -0.05) is 83.0 Å². The van der Waals surface area contributed by atoms with Gasteiger partial charge in [0.05, 0.1) is 23.9 Å². The summed E-state index contributed by atoms with van der Waals surface area (Å²) in [6, 6.07) is 20.8. The summed E-state index contributed by atoms with van der Waals surface area (Å²) < 4.78 is 76.1. The van der Waals surface area contributed by atoms with Gasteiger partial charge in [-0.15, -0.1) is 6.61 Å². The molecule has 0 radical (unpaired) electrons. The molecule has 0 unspecified atom stereocenters. The Morgan fingerprint density at radius 1 is 1.02 bits per heavy atom. The van der Waals surface area contributed by atoms with Crippen LogP contribution in [0.4, 0.5) is 16.2 Å². The van der Waals surface area contributed by atoms with Crippen molar-refractivity contribution in [3.05, 3.63) is 89.5 Å². The van der Waals surface area contributed by atoms with Gasteiger partial charge in [0.1, 0.15) is 24.4 Å². The number of anilines is 2. The Morgan fingerprint density at radius 3 is 2.28 bits per heavy atom. The fraction of sp³-hybridized carbons (Fsp3) is 0.537. The number of carbonyl (C=O) groups excluding carboxylic acids is 1. The van der Waals surface area contributed by atoms with Crippen molar-refractivity contribution >= 4 is 37.6 Å². The number of fused-ring (bicyclic) bond motifs is 1. The van der Waals surface area contributed by atoms with Crippen molar-refractivity contribution in [1.29, 1.82) is 0 Å². The standard InChI is InChI=1S/C39H53N3O11S2.C2H5O.K.H2O/c1-6-8-19-39(7-2)24-54(46,47)32-18-17-29(42(4)5)21-30(32)33(25(39)3)27-15-12-16-28(20-27)40-38(45)41-37-35(44)36(51-22-26-13-10-9-11-14-26)34(43)31(53-37)23-52-55(48,49)50;1-2-3;;/h9-18,20-21,25,31,33-37,43-44H,6-8,19,22-24H2,1-5H3,(H2,40,41,45)(H,48,49,50);2H2,1H3;;1H2/q;-1;+1;/t25-,31-,33-,34-,35-,36+,37-,39-;;;/m1.../s1. The van der Waals surface area contributed by atoms with E-state index in [0.29, 0.717) is 22.6 Å². The summed E-state index contributed by atoms with van der Waals surface area (Å²) in [5.74, 6) is -0.411. The quantitative estimate of drug-likeness (QED) is 0.109. The van der Waals surface area contributed by atoms with Crippen LogP contribution in [0.15, 0.2) is 77.7 Å². The van der Waals surface area contributed by atoms with E-state index in [9.17, 15) is 31.8 Å². The van der Waals surface area contributed by atoms with Crippen LogP contribution < -0.4 is 72.0 Å². The zero-order valence-electron chi connectivity index (χ0n) is 35.4. The van der Waals surface area contributed by atoms with Gasteiger partial charge in [0.25, 0.3) is 0 Å². The Morgan fingerprint density at radius 2 is 1.68 bits per heavy atom. The van der Waals surface area contributed by atoms with E-state index in [1.54, 1.807) is 49.4 Å². The number of benzene rings is 3. The van der Waals surface area contributed by atoms with Crippen LogP contribution >= 0.6 is 0 Å². The zero-order chi connectivity index (χ0) is 42.8. The van der Waals surface area contributed by atoms with Gasteiger partial charge >= 0.3 is 67.8 Å². The number of nitrogens with one attached hydrogen (secondary N) is 2. The first-order valence-corrected chi connectivity index (χ1v) is 22.5. The maximum absolute atomic E-state index is 14.1. The molecule has 2 aliphatic heterocycles. The van der Waals surface area contributed by atoms with E-state index in [0.717, 1.165) is 36.1 Å². The molecule has 19 heteroatoms. The van der Waals surface area contributed by atoms with Crippen molar-refractivity contribution in [2.45, 2.75) is 101 Å². The first kappa shape index (κ1) is 54.1. The first-order chi connectivity index (χ1) is 27.4. The number of hydrogen-bond acceptors (Lipinski definition) is 12. The normalized spacial score (nSPS) is 25.7. The molecule has 2 heterocycles. The number of urea groups is 1. The zero-order valence-corrected chi connectivity index (χ0v) is 40.2. The van der Waals surface area contributed by atoms with Crippen LogP contribution in [0.25, 0.3) is 0 Å². The molecule has 2 aliphatic rings. The van der Waals surface area contributed by atoms with E-state index < -0.39 is 68.9 Å². The van der Waals surface area contributed by atoms with Gasteiger partial charge in [0.15, 0.2) is 16.1 Å². The summed E-state index contributed by atoms with van der Waals surface area (Å²) in [6.45, 7) is 6.98. The number of carbonyl (C=O) groups is 1. The molecule has 330 valence electrons. The minimum absolute atomic E-state index is 0. The van der Waals surface area contributed by atoms with Crippen molar-refractivity contribution in [1.82, 2.24) is 5.32 Å². The van der Waals surface area contributed by atoms with Crippen LogP contribution in [0, 0.1) is 11.3 Å². The Kier molecular flexibility index (Phi) is 21.7. The summed E-state index contributed by atoms with van der Waals surface area (Å²) >= 11 is 0. The number of aliphatic hydroxyl groups excluding tert-OH is 2. The monoisotopic (exact) mass is 905 g/mol. The van der Waals surface area contributed by atoms with E-state index in [2.05, 4.69) is 35.6 Å². The number of aliphatic hydroxyl groups is 2. The van der Waals surface area contributed by atoms with E-state index >= 15 is 0 Å². The third kappa shape index (κ3) is 14.0. The molecule has 0 saturated carbocycles. The van der Waals surface area contributed by atoms with Crippen molar-refractivity contribution < 1.29 is 112 Å². The SMILES string of the molecule is CCCC[C@]1(CC)CS(=O)(=O)c2ccc(N(C)C)cc2[C@@H](c2cccc(NC(=O)N[C@@H]3O[C@H](COS(=O)(=O)O)[C@@H](O)[C@H](OCc4ccccc4)[C@H]3O)c2)[C@H]1C.CC[O-].O.[K+]. The third-order valence-electron chi connectivity index (χ3n) is 11.0. The molecular formula is C41H60KN3O13S2. The van der Waals surface area contributed by atoms with Crippen LogP contribution in [-0.4, -0.2) is 107 Å². The molecule has 3 aromatic rings. The number of amides is 2. The van der Waals surface area contributed by atoms with Crippen LogP contribution in [0.3, 0.4) is 0 Å². The van der Waals surface area contributed by atoms with E-state index in [4.69, 9.17) is 19.1 Å². The summed E-state index contributed by atoms with van der Waals surface area (Å²) in [5, 5.41) is 36.4. The second kappa shape index (κ2) is 24.1. The second-order valence-corrected chi connectivity index (χ2v) is 18.1. The van der Waals surface area contributed by atoms with Crippen molar-refractivity contribution in [2.75, 3.05) is 43.3 Å². The van der Waals surface area contributed by atoms with Gasteiger partial charge in [0.2, 0.25) is 0 Å². The molecule has 8 atom stereocenters. The van der Waals surface area contributed by atoms with Crippen molar-refractivity contribution in [3.63, 3.8) is 0 Å². The van der Waals surface area contributed by atoms with Crippen LogP contribution in [0.5, 0.6) is 0 Å².